The molecule has 1 fully saturated rings. The number of aromatic nitrogens is 4. The maximum atomic E-state index is 12.3. The molecule has 4 heterocycles. The number of likely N-dealkylation sites (tertiary alicyclic amines) is 1. The van der Waals surface area contributed by atoms with Crippen LogP contribution in [0.5, 0.6) is 0 Å². The highest BCUT2D eigenvalue weighted by molar-refractivity contribution is 6.04. The summed E-state index contributed by atoms with van der Waals surface area (Å²) < 4.78 is 37.0. The molecule has 0 aliphatic carbocycles. The maximum Gasteiger partial charge on any atom is 0.389 e. The number of rotatable bonds is 3. The molecule has 6 nitrogen and oxygen atoms in total. The third kappa shape index (κ3) is 3.09. The van der Waals surface area contributed by atoms with Crippen LogP contribution in [-0.4, -0.2) is 50.2 Å². The number of hydrogen-bond acceptors (Lipinski definition) is 4. The predicted octanol–water partition coefficient (Wildman–Crippen LogP) is 3.16. The fourth-order valence-corrected chi connectivity index (χ4v) is 3.52. The van der Waals surface area contributed by atoms with Crippen molar-refractivity contribution in [3.8, 4) is 0 Å². The second kappa shape index (κ2) is 6.22. The van der Waals surface area contributed by atoms with Crippen molar-refractivity contribution in [3.05, 3.63) is 30.2 Å². The van der Waals surface area contributed by atoms with Gasteiger partial charge in [-0.2, -0.15) is 13.2 Å². The molecule has 9 heteroatoms. The van der Waals surface area contributed by atoms with Crippen LogP contribution in [0.4, 0.5) is 13.2 Å². The van der Waals surface area contributed by atoms with Gasteiger partial charge >= 0.3 is 6.18 Å². The van der Waals surface area contributed by atoms with Gasteiger partial charge in [0.05, 0.1) is 11.9 Å². The van der Waals surface area contributed by atoms with Gasteiger partial charge in [-0.15, -0.1) is 10.2 Å². The van der Waals surface area contributed by atoms with E-state index in [0.29, 0.717) is 25.2 Å². The number of fused-ring (bicyclic) bond motifs is 3. The first-order valence-electron chi connectivity index (χ1n) is 8.35. The molecular weight excluding hydrogens is 347 g/mol. The first-order valence-corrected chi connectivity index (χ1v) is 8.35. The van der Waals surface area contributed by atoms with Crippen molar-refractivity contribution < 1.29 is 18.0 Å². The molecule has 1 aliphatic heterocycles. The number of halogens is 3. The van der Waals surface area contributed by atoms with E-state index < -0.39 is 24.9 Å². The minimum atomic E-state index is -4.31. The van der Waals surface area contributed by atoms with Crippen LogP contribution in [0.1, 0.15) is 30.9 Å². The largest absolute Gasteiger partial charge is 0.389 e. The van der Waals surface area contributed by atoms with E-state index in [9.17, 15) is 18.0 Å². The van der Waals surface area contributed by atoms with Crippen molar-refractivity contribution in [2.45, 2.75) is 31.4 Å². The number of amides is 1. The summed E-state index contributed by atoms with van der Waals surface area (Å²) >= 11 is 0. The zero-order chi connectivity index (χ0) is 18.3. The first-order chi connectivity index (χ1) is 12.4. The Morgan fingerprint density at radius 2 is 2.15 bits per heavy atom. The van der Waals surface area contributed by atoms with E-state index in [4.69, 9.17) is 0 Å². The standard InChI is InChI=1S/C17H16F3N5O/c18-17(19,20)5-1-13(26)25-8-4-10(9-25)15-14-11-2-6-22-16(11)24-23-12(14)3-7-21-15/h2-3,6-7,10,21H,1,4-5,8-9H2. The van der Waals surface area contributed by atoms with Gasteiger partial charge in [0.15, 0.2) is 5.65 Å². The monoisotopic (exact) mass is 363 g/mol. The van der Waals surface area contributed by atoms with Crippen LogP contribution in [0, 0.1) is 0 Å². The van der Waals surface area contributed by atoms with Gasteiger partial charge in [0.2, 0.25) is 5.91 Å². The van der Waals surface area contributed by atoms with Crippen LogP contribution in [-0.2, 0) is 4.79 Å². The number of pyridine rings is 1. The zero-order valence-electron chi connectivity index (χ0n) is 13.8. The van der Waals surface area contributed by atoms with Crippen LogP contribution >= 0.6 is 0 Å². The van der Waals surface area contributed by atoms with Crippen molar-refractivity contribution in [3.63, 3.8) is 0 Å². The molecule has 0 aromatic carbocycles. The van der Waals surface area contributed by atoms with E-state index in [1.807, 2.05) is 12.1 Å². The Hall–Kier alpha value is -2.71. The fraction of sp³-hybridized carbons (Fsp3) is 0.412. The lowest BCUT2D eigenvalue weighted by atomic mass is 9.99. The number of nitrogens with zero attached hydrogens (tertiary/aromatic N) is 4. The number of H-pyrrole nitrogens is 1. The van der Waals surface area contributed by atoms with E-state index in [-0.39, 0.29) is 5.92 Å². The Balaban J connectivity index is 1.59. The Bertz CT molecular complexity index is 968. The van der Waals surface area contributed by atoms with E-state index in [1.54, 1.807) is 12.4 Å². The number of alkyl halides is 3. The van der Waals surface area contributed by atoms with Crippen molar-refractivity contribution in [2.24, 2.45) is 0 Å². The number of aromatic amines is 1. The fourth-order valence-electron chi connectivity index (χ4n) is 3.52. The highest BCUT2D eigenvalue weighted by Crippen LogP contribution is 2.34. The average Bonchev–Trinajstić information content (AvgIpc) is 3.27. The normalized spacial score (nSPS) is 18.1. The second-order valence-corrected chi connectivity index (χ2v) is 6.47. The van der Waals surface area contributed by atoms with Gasteiger partial charge in [0.1, 0.15) is 0 Å². The molecule has 0 bridgehead atoms. The Morgan fingerprint density at radius 3 is 2.96 bits per heavy atom. The van der Waals surface area contributed by atoms with Gasteiger partial charge in [-0.3, -0.25) is 4.79 Å². The molecule has 136 valence electrons. The molecule has 0 radical (unpaired) electrons. The Labute approximate surface area is 146 Å². The number of carbonyl (C=O) groups excluding carboxylic acids is 1. The maximum absolute atomic E-state index is 12.3. The van der Waals surface area contributed by atoms with E-state index in [0.717, 1.165) is 22.0 Å². The summed E-state index contributed by atoms with van der Waals surface area (Å²) in [5.74, 6) is -0.444. The van der Waals surface area contributed by atoms with Gasteiger partial charge < -0.3 is 9.88 Å². The zero-order valence-corrected chi connectivity index (χ0v) is 13.8. The molecule has 1 atom stereocenters. The highest BCUT2D eigenvalue weighted by atomic mass is 19.4. The molecule has 1 N–H and O–H groups in total. The summed E-state index contributed by atoms with van der Waals surface area (Å²) in [6, 6.07) is 3.68. The van der Waals surface area contributed by atoms with Gasteiger partial charge in [-0.1, -0.05) is 0 Å². The lowest BCUT2D eigenvalue weighted by Gasteiger charge is -2.18. The van der Waals surface area contributed by atoms with Crippen LogP contribution in [0.25, 0.3) is 21.9 Å². The lowest BCUT2D eigenvalue weighted by molar-refractivity contribution is -0.148. The summed E-state index contributed by atoms with van der Waals surface area (Å²) in [6.45, 7) is 0.844. The van der Waals surface area contributed by atoms with E-state index in [2.05, 4.69) is 20.2 Å². The van der Waals surface area contributed by atoms with E-state index in [1.165, 1.54) is 4.90 Å². The SMILES string of the molecule is O=C(CCC(F)(F)F)N1CCC(c2[nH]ccc3nnc4nccc4c23)C1. The number of hydrogen-bond donors (Lipinski definition) is 1. The van der Waals surface area contributed by atoms with Crippen molar-refractivity contribution in [1.29, 1.82) is 0 Å². The van der Waals surface area contributed by atoms with E-state index >= 15 is 0 Å². The van der Waals surface area contributed by atoms with Crippen LogP contribution in [0.3, 0.4) is 0 Å². The van der Waals surface area contributed by atoms with Gasteiger partial charge in [-0.25, -0.2) is 4.98 Å². The summed E-state index contributed by atoms with van der Waals surface area (Å²) in [4.78, 5) is 21.0. The van der Waals surface area contributed by atoms with Crippen LogP contribution in [0.15, 0.2) is 24.5 Å². The quantitative estimate of drug-likeness (QED) is 0.776. The van der Waals surface area contributed by atoms with Crippen molar-refractivity contribution in [2.75, 3.05) is 13.1 Å². The molecule has 4 rings (SSSR count). The number of nitrogens with one attached hydrogen (secondary N) is 1. The molecule has 0 spiro atoms. The molecule has 3 aromatic rings. The minimum absolute atomic E-state index is 0.0100. The van der Waals surface area contributed by atoms with Gasteiger partial charge in [-0.05, 0) is 18.6 Å². The topological polar surface area (TPSA) is 74.8 Å². The highest BCUT2D eigenvalue weighted by Gasteiger charge is 2.33. The molecule has 26 heavy (non-hydrogen) atoms. The molecule has 0 saturated carbocycles. The lowest BCUT2D eigenvalue weighted by Crippen LogP contribution is -2.29. The Morgan fingerprint density at radius 1 is 1.31 bits per heavy atom. The molecular formula is C17H16F3N5O. The molecule has 1 unspecified atom stereocenters. The molecule has 1 amide bonds. The third-order valence-corrected chi connectivity index (χ3v) is 4.78. The van der Waals surface area contributed by atoms with Crippen LogP contribution in [0.2, 0.25) is 0 Å². The first kappa shape index (κ1) is 16.7. The van der Waals surface area contributed by atoms with Crippen molar-refractivity contribution in [1.82, 2.24) is 25.1 Å². The minimum Gasteiger partial charge on any atom is -0.364 e. The summed E-state index contributed by atoms with van der Waals surface area (Å²) in [5.41, 5.74) is 2.19. The number of carbonyl (C=O) groups is 1. The molecule has 1 aliphatic rings. The smallest absolute Gasteiger partial charge is 0.364 e. The summed E-state index contributed by atoms with van der Waals surface area (Å²) in [5, 5.41) is 10.1. The van der Waals surface area contributed by atoms with Crippen LogP contribution < -0.4 is 0 Å². The summed E-state index contributed by atoms with van der Waals surface area (Å²) in [7, 11) is 0. The Kier molecular flexibility index (Phi) is 4.01. The molecule has 1 saturated heterocycles. The molecule has 3 aromatic heterocycles. The predicted molar refractivity (Wildman–Crippen MR) is 88.4 cm³/mol. The average molecular weight is 363 g/mol. The second-order valence-electron chi connectivity index (χ2n) is 6.47. The summed E-state index contributed by atoms with van der Waals surface area (Å²) in [6.07, 6.45) is -1.78. The van der Waals surface area contributed by atoms with Gasteiger partial charge in [0.25, 0.3) is 0 Å². The van der Waals surface area contributed by atoms with Gasteiger partial charge in [0, 0.05) is 54.3 Å². The third-order valence-electron chi connectivity index (χ3n) is 4.78. The van der Waals surface area contributed by atoms with Crippen molar-refractivity contribution >= 4 is 27.8 Å².